The van der Waals surface area contributed by atoms with Gasteiger partial charge in [0.05, 0.1) is 6.61 Å². The van der Waals surface area contributed by atoms with Gasteiger partial charge in [0.2, 0.25) is 0 Å². The number of amides is 2. The van der Waals surface area contributed by atoms with Crippen LogP contribution in [0.1, 0.15) is 64.7 Å². The fourth-order valence-electron chi connectivity index (χ4n) is 2.31. The molecule has 154 valence electrons. The topological polar surface area (TPSA) is 50.4 Å². The smallest absolute Gasteiger partial charge is 0.314 e. The maximum Gasteiger partial charge on any atom is 0.314 e. The van der Waals surface area contributed by atoms with E-state index in [4.69, 9.17) is 4.74 Å². The molecule has 0 aliphatic carbocycles. The molecule has 4 heteroatoms. The monoisotopic (exact) mass is 376 g/mol. The molecule has 0 aliphatic heterocycles. The van der Waals surface area contributed by atoms with Crippen molar-refractivity contribution in [3.05, 3.63) is 48.6 Å². The molecular formula is C23H40N2O2. The van der Waals surface area contributed by atoms with Gasteiger partial charge in [-0.2, -0.15) is 0 Å². The molecule has 2 N–H and O–H groups in total. The number of hydrogen-bond acceptors (Lipinski definition) is 2. The first kappa shape index (κ1) is 25.2. The van der Waals surface area contributed by atoms with Crippen LogP contribution in [0.15, 0.2) is 48.6 Å². The summed E-state index contributed by atoms with van der Waals surface area (Å²) in [5.41, 5.74) is 0. The van der Waals surface area contributed by atoms with Crippen molar-refractivity contribution in [1.29, 1.82) is 0 Å². The molecule has 0 spiro atoms. The Balaban J connectivity index is 3.42. The largest absolute Gasteiger partial charge is 0.383 e. The maximum atomic E-state index is 11.4. The molecule has 0 saturated carbocycles. The molecule has 0 atom stereocenters. The van der Waals surface area contributed by atoms with Crippen molar-refractivity contribution < 1.29 is 9.53 Å². The van der Waals surface area contributed by atoms with E-state index >= 15 is 0 Å². The van der Waals surface area contributed by atoms with Crippen molar-refractivity contribution in [1.82, 2.24) is 10.6 Å². The van der Waals surface area contributed by atoms with Crippen LogP contribution in [0.2, 0.25) is 0 Å². The molecule has 0 aliphatic rings. The SMILES string of the molecule is CCCCC/C=C\C/C=C\C/C=C\C/C=C\CCCNC(=O)NCCOC. The fraction of sp³-hybridized carbons (Fsp3) is 0.609. The number of ether oxygens (including phenoxy) is 1. The first-order chi connectivity index (χ1) is 13.3. The lowest BCUT2D eigenvalue weighted by atomic mass is 10.2. The Kier molecular flexibility index (Phi) is 20.7. The second-order valence-electron chi connectivity index (χ2n) is 6.41. The third-order valence-electron chi connectivity index (χ3n) is 3.88. The van der Waals surface area contributed by atoms with Gasteiger partial charge in [-0.1, -0.05) is 68.4 Å². The Morgan fingerprint density at radius 2 is 1.26 bits per heavy atom. The number of hydrogen-bond donors (Lipinski definition) is 2. The molecule has 0 aromatic carbocycles. The van der Waals surface area contributed by atoms with Crippen molar-refractivity contribution in [3.63, 3.8) is 0 Å². The summed E-state index contributed by atoms with van der Waals surface area (Å²) < 4.78 is 4.87. The van der Waals surface area contributed by atoms with Crippen LogP contribution in [-0.2, 0) is 4.74 Å². The third-order valence-corrected chi connectivity index (χ3v) is 3.88. The van der Waals surface area contributed by atoms with Gasteiger partial charge in [0.1, 0.15) is 0 Å². The molecule has 27 heavy (non-hydrogen) atoms. The predicted octanol–water partition coefficient (Wildman–Crippen LogP) is 5.69. The Labute approximate surface area is 166 Å². The lowest BCUT2D eigenvalue weighted by Crippen LogP contribution is -2.37. The summed E-state index contributed by atoms with van der Waals surface area (Å²) in [5.74, 6) is 0. The highest BCUT2D eigenvalue weighted by Crippen LogP contribution is 2.01. The minimum Gasteiger partial charge on any atom is -0.383 e. The number of rotatable bonds is 17. The van der Waals surface area contributed by atoms with Crippen LogP contribution in [0, 0.1) is 0 Å². The van der Waals surface area contributed by atoms with Gasteiger partial charge in [-0.15, -0.1) is 0 Å². The normalized spacial score (nSPS) is 12.1. The molecule has 0 rings (SSSR count). The molecule has 0 bridgehead atoms. The minimum absolute atomic E-state index is 0.126. The molecule has 0 fully saturated rings. The summed E-state index contributed by atoms with van der Waals surface area (Å²) in [7, 11) is 1.62. The number of allylic oxidation sites excluding steroid dienone is 8. The van der Waals surface area contributed by atoms with Crippen LogP contribution in [0.25, 0.3) is 0 Å². The summed E-state index contributed by atoms with van der Waals surface area (Å²) in [6.45, 7) is 4.01. The lowest BCUT2D eigenvalue weighted by Gasteiger charge is -2.05. The molecule has 0 aromatic heterocycles. The predicted molar refractivity (Wildman–Crippen MR) is 117 cm³/mol. The Morgan fingerprint density at radius 1 is 0.741 bits per heavy atom. The fourth-order valence-corrected chi connectivity index (χ4v) is 2.31. The van der Waals surface area contributed by atoms with Crippen LogP contribution in [0.3, 0.4) is 0 Å². The van der Waals surface area contributed by atoms with Gasteiger partial charge in [0.15, 0.2) is 0 Å². The van der Waals surface area contributed by atoms with Crippen LogP contribution >= 0.6 is 0 Å². The number of nitrogens with one attached hydrogen (secondary N) is 2. The second kappa shape index (κ2) is 22.2. The van der Waals surface area contributed by atoms with E-state index in [1.54, 1.807) is 7.11 Å². The van der Waals surface area contributed by atoms with Crippen LogP contribution in [-0.4, -0.2) is 32.8 Å². The van der Waals surface area contributed by atoms with E-state index in [2.05, 4.69) is 66.2 Å². The first-order valence-electron chi connectivity index (χ1n) is 10.4. The van der Waals surface area contributed by atoms with Crippen molar-refractivity contribution in [2.45, 2.75) is 64.7 Å². The van der Waals surface area contributed by atoms with Gasteiger partial charge in [-0.05, 0) is 44.9 Å². The first-order valence-corrected chi connectivity index (χ1v) is 10.4. The summed E-state index contributed by atoms with van der Waals surface area (Å²) in [4.78, 5) is 11.4. The van der Waals surface area contributed by atoms with E-state index in [1.807, 2.05) is 0 Å². The van der Waals surface area contributed by atoms with Crippen molar-refractivity contribution >= 4 is 6.03 Å². The molecule has 2 amide bonds. The molecule has 0 aromatic rings. The number of urea groups is 1. The molecule has 0 radical (unpaired) electrons. The van der Waals surface area contributed by atoms with Crippen LogP contribution in [0.5, 0.6) is 0 Å². The second-order valence-corrected chi connectivity index (χ2v) is 6.41. The van der Waals surface area contributed by atoms with Gasteiger partial charge in [-0.3, -0.25) is 0 Å². The average molecular weight is 377 g/mol. The van der Waals surface area contributed by atoms with Crippen molar-refractivity contribution in [3.8, 4) is 0 Å². The van der Waals surface area contributed by atoms with E-state index in [9.17, 15) is 4.79 Å². The summed E-state index contributed by atoms with van der Waals surface area (Å²) in [6, 6.07) is -0.126. The standard InChI is InChI=1S/C23H40N2O2/c1-3-4-5-6-7-8-9-10-11-12-13-14-15-16-17-18-19-20-24-23(26)25-21-22-27-2/h7-8,10-11,13-14,16-17H,3-6,9,12,15,18-22H2,1-2H3,(H2,24,25,26)/b8-7-,11-10-,14-13-,17-16-. The number of carbonyl (C=O) groups is 1. The molecule has 0 unspecified atom stereocenters. The van der Waals surface area contributed by atoms with Gasteiger partial charge in [0, 0.05) is 20.2 Å². The van der Waals surface area contributed by atoms with E-state index in [0.29, 0.717) is 19.7 Å². The molecular weight excluding hydrogens is 336 g/mol. The van der Waals surface area contributed by atoms with Crippen molar-refractivity contribution in [2.75, 3.05) is 26.8 Å². The molecule has 0 heterocycles. The van der Waals surface area contributed by atoms with Crippen LogP contribution in [0.4, 0.5) is 4.79 Å². The Bertz CT molecular complexity index is 440. The molecule has 0 saturated heterocycles. The summed E-state index contributed by atoms with van der Waals surface area (Å²) in [5, 5.41) is 5.56. The summed E-state index contributed by atoms with van der Waals surface area (Å²) in [6.07, 6.45) is 27.9. The van der Waals surface area contributed by atoms with Crippen LogP contribution < -0.4 is 10.6 Å². The van der Waals surface area contributed by atoms with E-state index < -0.39 is 0 Å². The average Bonchev–Trinajstić information content (AvgIpc) is 2.67. The zero-order valence-corrected chi connectivity index (χ0v) is 17.4. The lowest BCUT2D eigenvalue weighted by molar-refractivity contribution is 0.196. The number of methoxy groups -OCH3 is 1. The quantitative estimate of drug-likeness (QED) is 0.253. The highest BCUT2D eigenvalue weighted by atomic mass is 16.5. The molecule has 4 nitrogen and oxygen atoms in total. The number of unbranched alkanes of at least 4 members (excludes halogenated alkanes) is 4. The highest BCUT2D eigenvalue weighted by Gasteiger charge is 1.96. The third kappa shape index (κ3) is 22.1. The van der Waals surface area contributed by atoms with E-state index in [0.717, 1.165) is 32.1 Å². The Hall–Kier alpha value is -1.81. The van der Waals surface area contributed by atoms with Gasteiger partial charge in [0.25, 0.3) is 0 Å². The minimum atomic E-state index is -0.126. The zero-order chi connectivity index (χ0) is 19.8. The summed E-state index contributed by atoms with van der Waals surface area (Å²) >= 11 is 0. The van der Waals surface area contributed by atoms with Gasteiger partial charge >= 0.3 is 6.03 Å². The van der Waals surface area contributed by atoms with Gasteiger partial charge in [-0.25, -0.2) is 4.79 Å². The zero-order valence-electron chi connectivity index (χ0n) is 17.4. The number of carbonyl (C=O) groups excluding carboxylic acids is 1. The maximum absolute atomic E-state index is 11.4. The highest BCUT2D eigenvalue weighted by molar-refractivity contribution is 5.73. The van der Waals surface area contributed by atoms with Gasteiger partial charge < -0.3 is 15.4 Å². The van der Waals surface area contributed by atoms with Crippen molar-refractivity contribution in [2.24, 2.45) is 0 Å². The Morgan fingerprint density at radius 3 is 1.81 bits per heavy atom. The van der Waals surface area contributed by atoms with E-state index in [1.165, 1.54) is 25.7 Å². The van der Waals surface area contributed by atoms with E-state index in [-0.39, 0.29) is 6.03 Å².